The topological polar surface area (TPSA) is 85.6 Å². The maximum atomic E-state index is 13.7. The highest BCUT2D eigenvalue weighted by Gasteiger charge is 2.25. The van der Waals surface area contributed by atoms with Crippen LogP contribution >= 0.6 is 22.6 Å². The fourth-order valence-electron chi connectivity index (χ4n) is 3.96. The summed E-state index contributed by atoms with van der Waals surface area (Å²) in [6, 6.07) is 15.2. The molecule has 0 unspecified atom stereocenters. The monoisotopic (exact) mass is 569 g/mol. The predicted octanol–water partition coefficient (Wildman–Crippen LogP) is 4.69. The van der Waals surface area contributed by atoms with Gasteiger partial charge in [-0.15, -0.1) is 0 Å². The van der Waals surface area contributed by atoms with E-state index in [-0.39, 0.29) is 0 Å². The third-order valence-corrected chi connectivity index (χ3v) is 6.36. The van der Waals surface area contributed by atoms with E-state index in [4.69, 9.17) is 5.26 Å². The molecule has 4 rings (SSSR count). The molecule has 2 aromatic carbocycles. The standard InChI is InChI=1S/C25H21FIN5O2/c1-15(2)30-24(33)22(16(3)31(25(30)34)20-6-4-5-18(11-20)12-26)23-21(27)14-29-32(23)19-9-7-17(13-28)8-10-19/h4-11,14-15H,12H2,1-3H3. The zero-order valence-electron chi connectivity index (χ0n) is 18.8. The number of nitriles is 1. The zero-order valence-corrected chi connectivity index (χ0v) is 20.9. The van der Waals surface area contributed by atoms with Crippen LogP contribution < -0.4 is 11.2 Å². The molecule has 9 heteroatoms. The van der Waals surface area contributed by atoms with Crippen molar-refractivity contribution in [3.63, 3.8) is 0 Å². The van der Waals surface area contributed by atoms with Gasteiger partial charge < -0.3 is 0 Å². The number of aromatic nitrogens is 4. The summed E-state index contributed by atoms with van der Waals surface area (Å²) < 4.78 is 18.4. The summed E-state index contributed by atoms with van der Waals surface area (Å²) in [5.74, 6) is 0. The molecule has 2 heterocycles. The molecule has 2 aromatic heterocycles. The van der Waals surface area contributed by atoms with Crippen LogP contribution in [0.1, 0.15) is 36.7 Å². The van der Waals surface area contributed by atoms with Crippen LogP contribution in [0.2, 0.25) is 0 Å². The molecule has 34 heavy (non-hydrogen) atoms. The number of alkyl halides is 1. The number of halogens is 2. The molecule has 0 bridgehead atoms. The number of hydrogen-bond donors (Lipinski definition) is 0. The molecule has 7 nitrogen and oxygen atoms in total. The lowest BCUT2D eigenvalue weighted by molar-refractivity contribution is 0.485. The summed E-state index contributed by atoms with van der Waals surface area (Å²) in [5, 5.41) is 13.6. The molecule has 0 aliphatic rings. The molecule has 0 atom stereocenters. The van der Waals surface area contributed by atoms with Crippen molar-refractivity contribution < 1.29 is 4.39 Å². The van der Waals surface area contributed by atoms with E-state index in [1.807, 2.05) is 0 Å². The molecule has 0 saturated heterocycles. The maximum absolute atomic E-state index is 13.7. The second-order valence-electron chi connectivity index (χ2n) is 8.06. The Kier molecular flexibility index (Phi) is 6.52. The van der Waals surface area contributed by atoms with Crippen molar-refractivity contribution in [1.82, 2.24) is 18.9 Å². The fraction of sp³-hybridized carbons (Fsp3) is 0.200. The van der Waals surface area contributed by atoms with Crippen molar-refractivity contribution in [2.45, 2.75) is 33.5 Å². The van der Waals surface area contributed by atoms with E-state index in [1.165, 1.54) is 9.13 Å². The Morgan fingerprint density at radius 3 is 2.44 bits per heavy atom. The first kappa shape index (κ1) is 23.6. The highest BCUT2D eigenvalue weighted by Crippen LogP contribution is 2.29. The van der Waals surface area contributed by atoms with Gasteiger partial charge in [-0.25, -0.2) is 13.9 Å². The van der Waals surface area contributed by atoms with E-state index in [0.717, 1.165) is 3.57 Å². The van der Waals surface area contributed by atoms with Crippen molar-refractivity contribution in [1.29, 1.82) is 5.26 Å². The van der Waals surface area contributed by atoms with E-state index in [2.05, 4.69) is 33.8 Å². The van der Waals surface area contributed by atoms with Crippen molar-refractivity contribution in [3.8, 4) is 28.7 Å². The summed E-state index contributed by atoms with van der Waals surface area (Å²) in [4.78, 5) is 27.2. The predicted molar refractivity (Wildman–Crippen MR) is 136 cm³/mol. The summed E-state index contributed by atoms with van der Waals surface area (Å²) in [6.45, 7) is 4.58. The van der Waals surface area contributed by atoms with E-state index >= 15 is 0 Å². The van der Waals surface area contributed by atoms with Crippen LogP contribution in [0.5, 0.6) is 0 Å². The second-order valence-corrected chi connectivity index (χ2v) is 9.22. The molecule has 4 aromatic rings. The first-order valence-corrected chi connectivity index (χ1v) is 11.6. The Labute approximate surface area is 208 Å². The maximum Gasteiger partial charge on any atom is 0.336 e. The lowest BCUT2D eigenvalue weighted by Crippen LogP contribution is -2.42. The zero-order chi connectivity index (χ0) is 24.6. The quantitative estimate of drug-likeness (QED) is 0.327. The van der Waals surface area contributed by atoms with Crippen molar-refractivity contribution in [2.24, 2.45) is 0 Å². The Morgan fingerprint density at radius 1 is 1.12 bits per heavy atom. The number of rotatable bonds is 5. The lowest BCUT2D eigenvalue weighted by Gasteiger charge is -2.20. The molecule has 172 valence electrons. The minimum atomic E-state index is -0.665. The third-order valence-electron chi connectivity index (χ3n) is 5.57. The van der Waals surface area contributed by atoms with Crippen LogP contribution in [0.15, 0.2) is 64.3 Å². The van der Waals surface area contributed by atoms with Gasteiger partial charge in [0.25, 0.3) is 5.56 Å². The summed E-state index contributed by atoms with van der Waals surface area (Å²) in [5.41, 5.74) is 2.47. The molecule has 0 radical (unpaired) electrons. The van der Waals surface area contributed by atoms with Gasteiger partial charge in [-0.3, -0.25) is 13.9 Å². The Bertz CT molecular complexity index is 1540. The van der Waals surface area contributed by atoms with Crippen LogP contribution in [0.3, 0.4) is 0 Å². The summed E-state index contributed by atoms with van der Waals surface area (Å²) in [6.07, 6.45) is 1.64. The molecule has 0 spiro atoms. The molecule has 0 N–H and O–H groups in total. The number of hydrogen-bond acceptors (Lipinski definition) is 4. The minimum Gasteiger partial charge on any atom is -0.268 e. The van der Waals surface area contributed by atoms with Gasteiger partial charge in [0.2, 0.25) is 0 Å². The average Bonchev–Trinajstić information content (AvgIpc) is 3.20. The van der Waals surface area contributed by atoms with Crippen LogP contribution in [-0.2, 0) is 6.67 Å². The first-order chi connectivity index (χ1) is 16.3. The van der Waals surface area contributed by atoms with Gasteiger partial charge in [-0.05, 0) is 85.3 Å². The highest BCUT2D eigenvalue weighted by molar-refractivity contribution is 14.1. The van der Waals surface area contributed by atoms with Gasteiger partial charge >= 0.3 is 5.69 Å². The molecular formula is C25H21FIN5O2. The Hall–Kier alpha value is -3.52. The van der Waals surface area contributed by atoms with Crippen molar-refractivity contribution in [2.75, 3.05) is 0 Å². The Morgan fingerprint density at radius 2 is 1.82 bits per heavy atom. The van der Waals surface area contributed by atoms with E-state index < -0.39 is 24.0 Å². The smallest absolute Gasteiger partial charge is 0.268 e. The second kappa shape index (κ2) is 9.38. The average molecular weight is 569 g/mol. The summed E-state index contributed by atoms with van der Waals surface area (Å²) in [7, 11) is 0. The normalized spacial score (nSPS) is 11.1. The molecule has 0 amide bonds. The Balaban J connectivity index is 2.09. The SMILES string of the molecule is Cc1c(-c2c(I)cnn2-c2ccc(C#N)cc2)c(=O)n(C(C)C)c(=O)n1-c1cccc(CF)c1. The van der Waals surface area contributed by atoms with Crippen LogP contribution in [-0.4, -0.2) is 18.9 Å². The number of benzene rings is 2. The van der Waals surface area contributed by atoms with Crippen LogP contribution in [0, 0.1) is 21.8 Å². The van der Waals surface area contributed by atoms with Gasteiger partial charge in [0.1, 0.15) is 6.67 Å². The van der Waals surface area contributed by atoms with E-state index in [1.54, 1.807) is 80.2 Å². The molecule has 0 saturated carbocycles. The molecule has 0 aliphatic carbocycles. The minimum absolute atomic E-state index is 0.324. The molecular weight excluding hydrogens is 548 g/mol. The van der Waals surface area contributed by atoms with Crippen LogP contribution in [0.4, 0.5) is 4.39 Å². The highest BCUT2D eigenvalue weighted by atomic mass is 127. The van der Waals surface area contributed by atoms with Crippen molar-refractivity contribution >= 4 is 22.6 Å². The number of nitrogens with zero attached hydrogens (tertiary/aromatic N) is 5. The molecule has 0 fully saturated rings. The van der Waals surface area contributed by atoms with Gasteiger partial charge in [-0.1, -0.05) is 12.1 Å². The van der Waals surface area contributed by atoms with Gasteiger partial charge in [0, 0.05) is 11.7 Å². The van der Waals surface area contributed by atoms with Gasteiger partial charge in [-0.2, -0.15) is 10.4 Å². The van der Waals surface area contributed by atoms with Gasteiger partial charge in [0.15, 0.2) is 0 Å². The first-order valence-electron chi connectivity index (χ1n) is 10.6. The van der Waals surface area contributed by atoms with E-state index in [9.17, 15) is 14.0 Å². The third kappa shape index (κ3) is 3.98. The van der Waals surface area contributed by atoms with Crippen LogP contribution in [0.25, 0.3) is 22.6 Å². The molecule has 0 aliphatic heterocycles. The van der Waals surface area contributed by atoms with Crippen molar-refractivity contribution in [3.05, 3.63) is 96.0 Å². The fourth-order valence-corrected chi connectivity index (χ4v) is 4.59. The van der Waals surface area contributed by atoms with Gasteiger partial charge in [0.05, 0.1) is 44.0 Å². The van der Waals surface area contributed by atoms with E-state index in [0.29, 0.717) is 39.5 Å². The largest absolute Gasteiger partial charge is 0.336 e. The lowest BCUT2D eigenvalue weighted by atomic mass is 10.1. The summed E-state index contributed by atoms with van der Waals surface area (Å²) >= 11 is 2.11.